The van der Waals surface area contributed by atoms with Gasteiger partial charge in [0.1, 0.15) is 0 Å². The second kappa shape index (κ2) is 8.61. The van der Waals surface area contributed by atoms with Crippen LogP contribution < -0.4 is 0 Å². The highest BCUT2D eigenvalue weighted by Crippen LogP contribution is 2.47. The summed E-state index contributed by atoms with van der Waals surface area (Å²) in [5.41, 5.74) is 4.80. The molecule has 2 heteroatoms. The molecule has 1 fully saturated rings. The summed E-state index contributed by atoms with van der Waals surface area (Å²) in [6, 6.07) is 0. The third kappa shape index (κ3) is 3.84. The van der Waals surface area contributed by atoms with Crippen LogP contribution in [0.15, 0.2) is 0 Å². The number of rotatable bonds is 7. The molecule has 0 spiro atoms. The molecule has 1 aromatic carbocycles. The summed E-state index contributed by atoms with van der Waals surface area (Å²) < 4.78 is 0. The van der Waals surface area contributed by atoms with Crippen LogP contribution in [0.2, 0.25) is 0 Å². The standard InChI is InChI=1S/C21H34O2/c1-4-10-16-17(11-5-2)19(15-13-8-7-9-14-15)21(23)20(22)18(16)12-6-3/h15,22-23H,4-14H2,1-3H3. The Morgan fingerprint density at radius 1 is 0.696 bits per heavy atom. The zero-order chi connectivity index (χ0) is 16.8. The van der Waals surface area contributed by atoms with Gasteiger partial charge in [-0.2, -0.15) is 0 Å². The van der Waals surface area contributed by atoms with E-state index in [0.29, 0.717) is 5.92 Å². The normalized spacial score (nSPS) is 16.0. The fraction of sp³-hybridized carbons (Fsp3) is 0.714. The lowest BCUT2D eigenvalue weighted by molar-refractivity contribution is 0.374. The molecule has 0 bridgehead atoms. The van der Waals surface area contributed by atoms with Crippen molar-refractivity contribution in [1.82, 2.24) is 0 Å². The van der Waals surface area contributed by atoms with Gasteiger partial charge in [-0.25, -0.2) is 0 Å². The van der Waals surface area contributed by atoms with Gasteiger partial charge in [0, 0.05) is 11.1 Å². The van der Waals surface area contributed by atoms with Gasteiger partial charge in [0.25, 0.3) is 0 Å². The number of hydrogen-bond donors (Lipinski definition) is 2. The number of phenols is 2. The highest BCUT2D eigenvalue weighted by Gasteiger charge is 2.28. The van der Waals surface area contributed by atoms with Gasteiger partial charge in [0.05, 0.1) is 0 Å². The van der Waals surface area contributed by atoms with Crippen molar-refractivity contribution < 1.29 is 10.2 Å². The molecule has 0 aliphatic heterocycles. The van der Waals surface area contributed by atoms with Crippen LogP contribution in [0.25, 0.3) is 0 Å². The molecule has 1 aromatic rings. The predicted octanol–water partition coefficient (Wildman–Crippen LogP) is 6.00. The lowest BCUT2D eigenvalue weighted by Crippen LogP contribution is -2.12. The molecular formula is C21H34O2. The smallest absolute Gasteiger partial charge is 0.161 e. The van der Waals surface area contributed by atoms with E-state index in [1.807, 2.05) is 0 Å². The quantitative estimate of drug-likeness (QED) is 0.605. The second-order valence-electron chi connectivity index (χ2n) is 7.13. The highest BCUT2D eigenvalue weighted by molar-refractivity contribution is 5.60. The Bertz CT molecular complexity index is 513. The van der Waals surface area contributed by atoms with E-state index in [4.69, 9.17) is 0 Å². The molecular weight excluding hydrogens is 284 g/mol. The molecule has 0 amide bonds. The van der Waals surface area contributed by atoms with Gasteiger partial charge in [-0.05, 0) is 49.1 Å². The Morgan fingerprint density at radius 3 is 1.78 bits per heavy atom. The number of benzene rings is 1. The van der Waals surface area contributed by atoms with Crippen LogP contribution in [0.4, 0.5) is 0 Å². The SMILES string of the molecule is CCCc1c(O)c(O)c(C2CCCCC2)c(CCC)c1CCC. The first-order valence-corrected chi connectivity index (χ1v) is 9.73. The monoisotopic (exact) mass is 318 g/mol. The molecule has 2 rings (SSSR count). The fourth-order valence-corrected chi connectivity index (χ4v) is 4.34. The average Bonchev–Trinajstić information content (AvgIpc) is 2.57. The summed E-state index contributed by atoms with van der Waals surface area (Å²) in [6.45, 7) is 6.56. The first-order chi connectivity index (χ1) is 11.2. The summed E-state index contributed by atoms with van der Waals surface area (Å²) in [5, 5.41) is 21.5. The van der Waals surface area contributed by atoms with Crippen molar-refractivity contribution in [1.29, 1.82) is 0 Å². The molecule has 0 saturated heterocycles. The van der Waals surface area contributed by atoms with E-state index < -0.39 is 0 Å². The first kappa shape index (κ1) is 18.2. The molecule has 1 saturated carbocycles. The topological polar surface area (TPSA) is 40.5 Å². The van der Waals surface area contributed by atoms with Crippen molar-refractivity contribution in [3.8, 4) is 11.5 Å². The van der Waals surface area contributed by atoms with Crippen LogP contribution in [-0.4, -0.2) is 10.2 Å². The zero-order valence-corrected chi connectivity index (χ0v) is 15.2. The Balaban J connectivity index is 2.62. The Kier molecular flexibility index (Phi) is 6.80. The molecule has 0 atom stereocenters. The maximum Gasteiger partial charge on any atom is 0.161 e. The molecule has 0 unspecified atom stereocenters. The van der Waals surface area contributed by atoms with Gasteiger partial charge < -0.3 is 10.2 Å². The highest BCUT2D eigenvalue weighted by atomic mass is 16.3. The van der Waals surface area contributed by atoms with Crippen molar-refractivity contribution in [3.63, 3.8) is 0 Å². The second-order valence-corrected chi connectivity index (χ2v) is 7.13. The van der Waals surface area contributed by atoms with Crippen molar-refractivity contribution in [2.75, 3.05) is 0 Å². The minimum Gasteiger partial charge on any atom is -0.504 e. The molecule has 23 heavy (non-hydrogen) atoms. The van der Waals surface area contributed by atoms with E-state index in [1.54, 1.807) is 0 Å². The number of hydrogen-bond acceptors (Lipinski definition) is 2. The third-order valence-corrected chi connectivity index (χ3v) is 5.33. The van der Waals surface area contributed by atoms with Crippen LogP contribution >= 0.6 is 0 Å². The Hall–Kier alpha value is -1.18. The average molecular weight is 319 g/mol. The first-order valence-electron chi connectivity index (χ1n) is 9.73. The van der Waals surface area contributed by atoms with E-state index in [1.165, 1.54) is 30.4 Å². The van der Waals surface area contributed by atoms with Crippen LogP contribution in [-0.2, 0) is 19.3 Å². The maximum atomic E-state index is 10.8. The summed E-state index contributed by atoms with van der Waals surface area (Å²) in [6.07, 6.45) is 12.2. The van der Waals surface area contributed by atoms with Crippen molar-refractivity contribution in [3.05, 3.63) is 22.3 Å². The third-order valence-electron chi connectivity index (χ3n) is 5.33. The number of aromatic hydroxyl groups is 2. The van der Waals surface area contributed by atoms with Crippen molar-refractivity contribution in [2.45, 2.75) is 97.3 Å². The van der Waals surface area contributed by atoms with Gasteiger partial charge in [-0.3, -0.25) is 0 Å². The van der Waals surface area contributed by atoms with E-state index in [0.717, 1.165) is 62.5 Å². The minimum atomic E-state index is 0.177. The van der Waals surface area contributed by atoms with Gasteiger partial charge >= 0.3 is 0 Å². The van der Waals surface area contributed by atoms with Gasteiger partial charge in [0.15, 0.2) is 11.5 Å². The van der Waals surface area contributed by atoms with Crippen LogP contribution in [0.3, 0.4) is 0 Å². The van der Waals surface area contributed by atoms with Gasteiger partial charge in [0.2, 0.25) is 0 Å². The molecule has 1 aliphatic carbocycles. The summed E-state index contributed by atoms with van der Waals surface area (Å²) in [4.78, 5) is 0. The lowest BCUT2D eigenvalue weighted by Gasteiger charge is -2.29. The maximum absolute atomic E-state index is 10.8. The fourth-order valence-electron chi connectivity index (χ4n) is 4.34. The van der Waals surface area contributed by atoms with E-state index in [2.05, 4.69) is 20.8 Å². The Morgan fingerprint density at radius 2 is 1.22 bits per heavy atom. The molecule has 0 radical (unpaired) electrons. The zero-order valence-electron chi connectivity index (χ0n) is 15.2. The lowest BCUT2D eigenvalue weighted by atomic mass is 9.77. The van der Waals surface area contributed by atoms with Crippen LogP contribution in [0.5, 0.6) is 11.5 Å². The van der Waals surface area contributed by atoms with E-state index >= 15 is 0 Å². The van der Waals surface area contributed by atoms with E-state index in [9.17, 15) is 10.2 Å². The van der Waals surface area contributed by atoms with Crippen LogP contribution in [0.1, 0.15) is 100 Å². The van der Waals surface area contributed by atoms with Gasteiger partial charge in [-0.15, -0.1) is 0 Å². The van der Waals surface area contributed by atoms with Gasteiger partial charge in [-0.1, -0.05) is 59.3 Å². The van der Waals surface area contributed by atoms with E-state index in [-0.39, 0.29) is 11.5 Å². The molecule has 1 aliphatic rings. The molecule has 0 heterocycles. The summed E-state index contributed by atoms with van der Waals surface area (Å²) in [5.74, 6) is 0.807. The number of phenolic OH excluding ortho intramolecular Hbond substituents is 2. The van der Waals surface area contributed by atoms with Crippen LogP contribution in [0, 0.1) is 0 Å². The largest absolute Gasteiger partial charge is 0.504 e. The molecule has 2 N–H and O–H groups in total. The van der Waals surface area contributed by atoms with Crippen molar-refractivity contribution in [2.24, 2.45) is 0 Å². The Labute approximate surface area is 141 Å². The minimum absolute atomic E-state index is 0.177. The summed E-state index contributed by atoms with van der Waals surface area (Å²) in [7, 11) is 0. The summed E-state index contributed by atoms with van der Waals surface area (Å²) >= 11 is 0. The molecule has 130 valence electrons. The molecule has 2 nitrogen and oxygen atoms in total. The molecule has 0 aromatic heterocycles. The predicted molar refractivity (Wildman–Crippen MR) is 97.6 cm³/mol. The van der Waals surface area contributed by atoms with Crippen molar-refractivity contribution >= 4 is 0 Å².